The van der Waals surface area contributed by atoms with Gasteiger partial charge in [-0.1, -0.05) is 35.4 Å². The van der Waals surface area contributed by atoms with Crippen LogP contribution in [0.5, 0.6) is 0 Å². The molecule has 1 N–H and O–H groups in total. The van der Waals surface area contributed by atoms with Crippen LogP contribution in [0, 0.1) is 13.8 Å². The fourth-order valence-corrected chi connectivity index (χ4v) is 4.19. The normalized spacial score (nSPS) is 11.5. The van der Waals surface area contributed by atoms with Gasteiger partial charge in [-0.15, -0.1) is 0 Å². The van der Waals surface area contributed by atoms with Crippen molar-refractivity contribution in [1.29, 1.82) is 0 Å². The molecule has 4 aromatic rings. The van der Waals surface area contributed by atoms with E-state index >= 15 is 0 Å². The van der Waals surface area contributed by atoms with Crippen LogP contribution in [0.15, 0.2) is 85.7 Å². The monoisotopic (exact) mass is 408 g/mol. The van der Waals surface area contributed by atoms with Gasteiger partial charge in [0, 0.05) is 5.56 Å². The second kappa shape index (κ2) is 7.60. The predicted molar refractivity (Wildman–Crippen MR) is 109 cm³/mol. The Hall–Kier alpha value is -3.32. The fourth-order valence-electron chi connectivity index (χ4n) is 2.91. The van der Waals surface area contributed by atoms with Gasteiger partial charge in [-0.2, -0.15) is 4.98 Å². The van der Waals surface area contributed by atoms with E-state index < -0.39 is 9.84 Å². The average molecular weight is 408 g/mol. The summed E-state index contributed by atoms with van der Waals surface area (Å²) >= 11 is 0. The number of oxazole rings is 1. The fraction of sp³-hybridized carbons (Fsp3) is 0.136. The minimum Gasteiger partial charge on any atom is -0.467 e. The van der Waals surface area contributed by atoms with E-state index in [1.807, 2.05) is 38.1 Å². The van der Waals surface area contributed by atoms with Crippen molar-refractivity contribution in [3.8, 4) is 11.5 Å². The number of furan rings is 1. The topological polar surface area (TPSA) is 85.3 Å². The van der Waals surface area contributed by atoms with Crippen molar-refractivity contribution in [3.63, 3.8) is 0 Å². The van der Waals surface area contributed by atoms with Crippen LogP contribution in [0.2, 0.25) is 0 Å². The van der Waals surface area contributed by atoms with Gasteiger partial charge in [0.05, 0.1) is 17.7 Å². The average Bonchev–Trinajstić information content (AvgIpc) is 3.37. The van der Waals surface area contributed by atoms with Crippen molar-refractivity contribution in [1.82, 2.24) is 4.98 Å². The third-order valence-electron chi connectivity index (χ3n) is 4.45. The van der Waals surface area contributed by atoms with Crippen LogP contribution >= 0.6 is 0 Å². The molecule has 0 saturated heterocycles. The number of nitrogens with one attached hydrogen (secondary N) is 1. The van der Waals surface area contributed by atoms with Crippen molar-refractivity contribution >= 4 is 15.7 Å². The molecule has 0 spiro atoms. The Balaban J connectivity index is 1.78. The zero-order chi connectivity index (χ0) is 20.4. The molecule has 0 aliphatic carbocycles. The predicted octanol–water partition coefficient (Wildman–Crippen LogP) is 5.00. The molecule has 29 heavy (non-hydrogen) atoms. The lowest BCUT2D eigenvalue weighted by atomic mass is 10.1. The molecular formula is C22H20N2O4S. The molecule has 0 amide bonds. The quantitative estimate of drug-likeness (QED) is 0.483. The van der Waals surface area contributed by atoms with Crippen molar-refractivity contribution in [3.05, 3.63) is 83.8 Å². The molecule has 0 fully saturated rings. The van der Waals surface area contributed by atoms with E-state index in [0.717, 1.165) is 11.1 Å². The lowest BCUT2D eigenvalue weighted by Crippen LogP contribution is -2.07. The number of aryl methyl sites for hydroxylation is 2. The van der Waals surface area contributed by atoms with Gasteiger partial charge in [0.15, 0.2) is 0 Å². The molecule has 0 aliphatic rings. The Morgan fingerprint density at radius 1 is 0.966 bits per heavy atom. The van der Waals surface area contributed by atoms with Gasteiger partial charge in [0.25, 0.3) is 0 Å². The molecule has 4 rings (SSSR count). The Bertz CT molecular complexity index is 1220. The van der Waals surface area contributed by atoms with Crippen molar-refractivity contribution in [2.75, 3.05) is 5.32 Å². The second-order valence-corrected chi connectivity index (χ2v) is 8.64. The molecule has 0 unspecified atom stereocenters. The van der Waals surface area contributed by atoms with Crippen molar-refractivity contribution in [2.45, 2.75) is 30.3 Å². The first kappa shape index (κ1) is 19.0. The van der Waals surface area contributed by atoms with E-state index in [-0.39, 0.29) is 28.2 Å². The highest BCUT2D eigenvalue weighted by molar-refractivity contribution is 7.91. The molecule has 2 aromatic carbocycles. The molecule has 0 bridgehead atoms. The van der Waals surface area contributed by atoms with Crippen LogP contribution in [-0.2, 0) is 16.4 Å². The van der Waals surface area contributed by atoms with E-state index in [4.69, 9.17) is 8.83 Å². The summed E-state index contributed by atoms with van der Waals surface area (Å²) in [6.07, 6.45) is 1.56. The summed E-state index contributed by atoms with van der Waals surface area (Å²) in [4.78, 5) is 4.50. The van der Waals surface area contributed by atoms with Gasteiger partial charge in [0.1, 0.15) is 5.76 Å². The Kier molecular flexibility index (Phi) is 4.98. The second-order valence-electron chi connectivity index (χ2n) is 6.77. The summed E-state index contributed by atoms with van der Waals surface area (Å²) in [5.74, 6) is 0.969. The molecular weight excluding hydrogens is 388 g/mol. The van der Waals surface area contributed by atoms with Gasteiger partial charge in [0.2, 0.25) is 26.6 Å². The van der Waals surface area contributed by atoms with Gasteiger partial charge in [-0.05, 0) is 50.2 Å². The number of benzene rings is 2. The van der Waals surface area contributed by atoms with E-state index in [0.29, 0.717) is 11.3 Å². The molecule has 7 heteroatoms. The highest BCUT2D eigenvalue weighted by Crippen LogP contribution is 2.33. The van der Waals surface area contributed by atoms with Crippen LogP contribution in [0.25, 0.3) is 11.5 Å². The molecule has 2 heterocycles. The molecule has 0 atom stereocenters. The standard InChI is InChI=1S/C22H20N2O4S/c1-15-8-10-19(11-9-15)29(25,26)22-21(23-14-18-7-4-12-27-18)28-20(24-22)17-6-3-5-16(2)13-17/h3-13,23H,14H2,1-2H3. The maximum atomic E-state index is 13.3. The lowest BCUT2D eigenvalue weighted by molar-refractivity contribution is 0.511. The molecule has 0 radical (unpaired) electrons. The number of anilines is 1. The van der Waals surface area contributed by atoms with Gasteiger partial charge < -0.3 is 14.2 Å². The Morgan fingerprint density at radius 3 is 2.45 bits per heavy atom. The highest BCUT2D eigenvalue weighted by Gasteiger charge is 2.28. The first-order valence-electron chi connectivity index (χ1n) is 9.09. The van der Waals surface area contributed by atoms with E-state index in [1.54, 1.807) is 42.7 Å². The minimum atomic E-state index is -3.87. The molecule has 148 valence electrons. The number of aromatic nitrogens is 1. The lowest BCUT2D eigenvalue weighted by Gasteiger charge is -2.05. The summed E-state index contributed by atoms with van der Waals surface area (Å²) in [7, 11) is -3.87. The Labute approximate surface area is 169 Å². The van der Waals surface area contributed by atoms with Gasteiger partial charge in [-0.3, -0.25) is 0 Å². The van der Waals surface area contributed by atoms with Crippen LogP contribution in [0.1, 0.15) is 16.9 Å². The summed E-state index contributed by atoms with van der Waals surface area (Å²) < 4.78 is 37.7. The van der Waals surface area contributed by atoms with Gasteiger partial charge in [-0.25, -0.2) is 8.42 Å². The first-order chi connectivity index (χ1) is 13.9. The minimum absolute atomic E-state index is 0.0819. The zero-order valence-electron chi connectivity index (χ0n) is 16.0. The van der Waals surface area contributed by atoms with Crippen molar-refractivity contribution < 1.29 is 17.3 Å². The number of hydrogen-bond acceptors (Lipinski definition) is 6. The van der Waals surface area contributed by atoms with Gasteiger partial charge >= 0.3 is 0 Å². The summed E-state index contributed by atoms with van der Waals surface area (Å²) in [6.45, 7) is 4.12. The molecule has 0 saturated carbocycles. The van der Waals surface area contributed by atoms with Crippen LogP contribution < -0.4 is 5.32 Å². The third-order valence-corrected chi connectivity index (χ3v) is 6.13. The van der Waals surface area contributed by atoms with E-state index in [1.165, 1.54) is 0 Å². The number of nitrogens with zero attached hydrogens (tertiary/aromatic N) is 1. The highest BCUT2D eigenvalue weighted by atomic mass is 32.2. The smallest absolute Gasteiger partial charge is 0.234 e. The molecule has 6 nitrogen and oxygen atoms in total. The number of sulfone groups is 1. The SMILES string of the molecule is Cc1ccc(S(=O)(=O)c2nc(-c3cccc(C)c3)oc2NCc2ccco2)cc1. The van der Waals surface area contributed by atoms with Crippen LogP contribution in [-0.4, -0.2) is 13.4 Å². The van der Waals surface area contributed by atoms with Crippen molar-refractivity contribution in [2.24, 2.45) is 0 Å². The largest absolute Gasteiger partial charge is 0.467 e. The summed E-state index contributed by atoms with van der Waals surface area (Å²) in [5, 5.41) is 2.86. The summed E-state index contributed by atoms with van der Waals surface area (Å²) in [5.41, 5.74) is 2.70. The van der Waals surface area contributed by atoms with E-state index in [9.17, 15) is 8.42 Å². The first-order valence-corrected chi connectivity index (χ1v) is 10.6. The third kappa shape index (κ3) is 3.95. The van der Waals surface area contributed by atoms with E-state index in [2.05, 4.69) is 10.3 Å². The molecule has 0 aliphatic heterocycles. The van der Waals surface area contributed by atoms with Crippen LogP contribution in [0.4, 0.5) is 5.88 Å². The maximum absolute atomic E-state index is 13.3. The molecule has 2 aromatic heterocycles. The maximum Gasteiger partial charge on any atom is 0.234 e. The summed E-state index contributed by atoms with van der Waals surface area (Å²) in [6, 6.07) is 17.8. The number of rotatable bonds is 6. The van der Waals surface area contributed by atoms with Crippen LogP contribution in [0.3, 0.4) is 0 Å². The zero-order valence-corrected chi connectivity index (χ0v) is 16.9. The number of hydrogen-bond donors (Lipinski definition) is 1. The Morgan fingerprint density at radius 2 is 1.76 bits per heavy atom.